The van der Waals surface area contributed by atoms with Crippen LogP contribution in [-0.4, -0.2) is 13.4 Å². The summed E-state index contributed by atoms with van der Waals surface area (Å²) >= 11 is 0. The summed E-state index contributed by atoms with van der Waals surface area (Å²) in [6, 6.07) is 12.4. The molecular weight excluding hydrogens is 336 g/mol. The van der Waals surface area contributed by atoms with Crippen molar-refractivity contribution in [1.29, 1.82) is 0 Å². The Balaban J connectivity index is 1.94. The quantitative estimate of drug-likeness (QED) is 0.754. The normalized spacial score (nSPS) is 11.8. The second-order valence-electron chi connectivity index (χ2n) is 6.19. The molecule has 0 atom stereocenters. The number of H-pyrrole nitrogens is 1. The SMILES string of the molecule is Cc1ccccc1S(=O)(=O)NCc1cc2ccc(C)c(C)c2[nH]c1=O. The molecule has 1 aromatic heterocycles. The maximum Gasteiger partial charge on any atom is 0.252 e. The van der Waals surface area contributed by atoms with Crippen molar-refractivity contribution in [3.8, 4) is 0 Å². The molecule has 5 nitrogen and oxygen atoms in total. The molecule has 0 aliphatic heterocycles. The summed E-state index contributed by atoms with van der Waals surface area (Å²) in [7, 11) is -3.68. The number of rotatable bonds is 4. The van der Waals surface area contributed by atoms with Crippen molar-refractivity contribution in [2.75, 3.05) is 0 Å². The van der Waals surface area contributed by atoms with Gasteiger partial charge >= 0.3 is 0 Å². The number of benzene rings is 2. The van der Waals surface area contributed by atoms with E-state index in [1.165, 1.54) is 0 Å². The summed E-state index contributed by atoms with van der Waals surface area (Å²) in [6.07, 6.45) is 0. The molecule has 0 fully saturated rings. The fourth-order valence-corrected chi connectivity index (χ4v) is 4.06. The Bertz CT molecular complexity index is 1120. The Kier molecular flexibility index (Phi) is 4.49. The van der Waals surface area contributed by atoms with Crippen LogP contribution in [0.2, 0.25) is 0 Å². The maximum atomic E-state index is 12.5. The third-order valence-corrected chi connectivity index (χ3v) is 6.03. The molecule has 2 aromatic carbocycles. The predicted molar refractivity (Wildman–Crippen MR) is 99.2 cm³/mol. The molecule has 130 valence electrons. The highest BCUT2D eigenvalue weighted by Crippen LogP contribution is 2.19. The van der Waals surface area contributed by atoms with Crippen molar-refractivity contribution in [2.45, 2.75) is 32.2 Å². The third kappa shape index (κ3) is 3.36. The van der Waals surface area contributed by atoms with Crippen LogP contribution in [0.1, 0.15) is 22.3 Å². The first-order valence-electron chi connectivity index (χ1n) is 7.97. The number of nitrogens with one attached hydrogen (secondary N) is 2. The molecule has 0 bridgehead atoms. The molecule has 0 saturated heterocycles. The number of aromatic amines is 1. The fourth-order valence-electron chi connectivity index (χ4n) is 2.81. The molecule has 6 heteroatoms. The van der Waals surface area contributed by atoms with Crippen LogP contribution in [0, 0.1) is 20.8 Å². The van der Waals surface area contributed by atoms with Crippen LogP contribution in [-0.2, 0) is 16.6 Å². The molecule has 3 aromatic rings. The van der Waals surface area contributed by atoms with Crippen LogP contribution in [0.15, 0.2) is 52.2 Å². The molecule has 0 unspecified atom stereocenters. The molecule has 25 heavy (non-hydrogen) atoms. The second kappa shape index (κ2) is 6.46. The smallest absolute Gasteiger partial charge is 0.252 e. The van der Waals surface area contributed by atoms with Crippen LogP contribution in [0.5, 0.6) is 0 Å². The summed E-state index contributed by atoms with van der Waals surface area (Å²) < 4.78 is 27.5. The van der Waals surface area contributed by atoms with Crippen molar-refractivity contribution in [1.82, 2.24) is 9.71 Å². The van der Waals surface area contributed by atoms with Gasteiger partial charge < -0.3 is 4.98 Å². The monoisotopic (exact) mass is 356 g/mol. The molecule has 0 amide bonds. The Hall–Kier alpha value is -2.44. The number of fused-ring (bicyclic) bond motifs is 1. The van der Waals surface area contributed by atoms with Gasteiger partial charge in [0.05, 0.1) is 10.4 Å². The standard InChI is InChI=1S/C19H20N2O3S/c1-12-8-9-15-10-16(19(22)21-18(15)14(12)3)11-20-25(23,24)17-7-5-4-6-13(17)2/h4-10,20H,11H2,1-3H3,(H,21,22). The molecule has 0 saturated carbocycles. The van der Waals surface area contributed by atoms with Gasteiger partial charge in [-0.1, -0.05) is 30.3 Å². The van der Waals surface area contributed by atoms with Gasteiger partial charge in [0.1, 0.15) is 0 Å². The van der Waals surface area contributed by atoms with Crippen molar-refractivity contribution >= 4 is 20.9 Å². The average Bonchev–Trinajstić information content (AvgIpc) is 2.57. The fraction of sp³-hybridized carbons (Fsp3) is 0.211. The Morgan fingerprint density at radius 1 is 1.00 bits per heavy atom. The van der Waals surface area contributed by atoms with E-state index in [1.807, 2.05) is 26.0 Å². The molecule has 0 radical (unpaired) electrons. The highest BCUT2D eigenvalue weighted by molar-refractivity contribution is 7.89. The van der Waals surface area contributed by atoms with Crippen LogP contribution in [0.3, 0.4) is 0 Å². The zero-order chi connectivity index (χ0) is 18.2. The van der Waals surface area contributed by atoms with E-state index in [9.17, 15) is 13.2 Å². The highest BCUT2D eigenvalue weighted by atomic mass is 32.2. The Morgan fingerprint density at radius 2 is 1.72 bits per heavy atom. The topological polar surface area (TPSA) is 79.0 Å². The molecule has 0 spiro atoms. The molecule has 3 rings (SSSR count). The van der Waals surface area contributed by atoms with E-state index in [-0.39, 0.29) is 17.0 Å². The Labute approximate surface area is 146 Å². The van der Waals surface area contributed by atoms with Crippen LogP contribution in [0.25, 0.3) is 10.9 Å². The van der Waals surface area contributed by atoms with Crippen LogP contribution < -0.4 is 10.3 Å². The van der Waals surface area contributed by atoms with E-state index >= 15 is 0 Å². The van der Waals surface area contributed by atoms with E-state index in [2.05, 4.69) is 9.71 Å². The summed E-state index contributed by atoms with van der Waals surface area (Å²) in [5.74, 6) is 0. The molecular formula is C19H20N2O3S. The minimum Gasteiger partial charge on any atom is -0.321 e. The molecule has 1 heterocycles. The van der Waals surface area contributed by atoms with Gasteiger partial charge in [-0.15, -0.1) is 0 Å². The third-order valence-electron chi connectivity index (χ3n) is 4.46. The van der Waals surface area contributed by atoms with Gasteiger partial charge in [-0.05, 0) is 55.0 Å². The van der Waals surface area contributed by atoms with E-state index in [0.29, 0.717) is 11.1 Å². The van der Waals surface area contributed by atoms with Gasteiger partial charge in [0.2, 0.25) is 10.0 Å². The number of sulfonamides is 1. The lowest BCUT2D eigenvalue weighted by molar-refractivity contribution is 0.580. The van der Waals surface area contributed by atoms with E-state index in [0.717, 1.165) is 22.0 Å². The molecule has 0 aliphatic rings. The number of aryl methyl sites for hydroxylation is 3. The first-order valence-corrected chi connectivity index (χ1v) is 9.45. The lowest BCUT2D eigenvalue weighted by Gasteiger charge is -2.10. The van der Waals surface area contributed by atoms with E-state index < -0.39 is 10.0 Å². The van der Waals surface area contributed by atoms with E-state index in [4.69, 9.17) is 0 Å². The molecule has 0 aliphatic carbocycles. The summed E-state index contributed by atoms with van der Waals surface area (Å²) in [4.78, 5) is 15.4. The average molecular weight is 356 g/mol. The maximum absolute atomic E-state index is 12.5. The largest absolute Gasteiger partial charge is 0.321 e. The van der Waals surface area contributed by atoms with Crippen LogP contribution in [0.4, 0.5) is 0 Å². The van der Waals surface area contributed by atoms with Gasteiger partial charge in [-0.2, -0.15) is 0 Å². The van der Waals surface area contributed by atoms with E-state index in [1.54, 1.807) is 37.3 Å². The number of pyridine rings is 1. The second-order valence-corrected chi connectivity index (χ2v) is 7.92. The first kappa shape index (κ1) is 17.4. The minimum atomic E-state index is -3.68. The van der Waals surface area contributed by atoms with Crippen LogP contribution >= 0.6 is 0 Å². The van der Waals surface area contributed by atoms with Gasteiger partial charge in [0.25, 0.3) is 5.56 Å². The lowest BCUT2D eigenvalue weighted by atomic mass is 10.0. The Morgan fingerprint density at radius 3 is 2.44 bits per heavy atom. The van der Waals surface area contributed by atoms with Gasteiger partial charge in [0, 0.05) is 12.1 Å². The van der Waals surface area contributed by atoms with Crippen molar-refractivity contribution in [3.05, 3.63) is 75.1 Å². The van der Waals surface area contributed by atoms with Gasteiger partial charge in [-0.25, -0.2) is 13.1 Å². The molecule has 2 N–H and O–H groups in total. The van der Waals surface area contributed by atoms with Crippen molar-refractivity contribution < 1.29 is 8.42 Å². The summed E-state index contributed by atoms with van der Waals surface area (Å²) in [6.45, 7) is 5.61. The number of hydrogen-bond acceptors (Lipinski definition) is 3. The summed E-state index contributed by atoms with van der Waals surface area (Å²) in [5.41, 5.74) is 3.66. The van der Waals surface area contributed by atoms with Crippen molar-refractivity contribution in [3.63, 3.8) is 0 Å². The number of hydrogen-bond donors (Lipinski definition) is 2. The highest BCUT2D eigenvalue weighted by Gasteiger charge is 2.17. The zero-order valence-corrected chi connectivity index (χ0v) is 15.2. The van der Waals surface area contributed by atoms with Gasteiger partial charge in [-0.3, -0.25) is 4.79 Å². The van der Waals surface area contributed by atoms with Gasteiger partial charge in [0.15, 0.2) is 0 Å². The predicted octanol–water partition coefficient (Wildman–Crippen LogP) is 2.93. The summed E-state index contributed by atoms with van der Waals surface area (Å²) in [5, 5.41) is 0.882. The zero-order valence-electron chi connectivity index (χ0n) is 14.4. The minimum absolute atomic E-state index is 0.0606. The first-order chi connectivity index (χ1) is 11.8. The van der Waals surface area contributed by atoms with Crippen molar-refractivity contribution in [2.24, 2.45) is 0 Å². The number of aromatic nitrogens is 1. The lowest BCUT2D eigenvalue weighted by Crippen LogP contribution is -2.27.